The lowest BCUT2D eigenvalue weighted by Crippen LogP contribution is -2.48. The summed E-state index contributed by atoms with van der Waals surface area (Å²) in [6.45, 7) is 1.19. The number of hydrogen-bond acceptors (Lipinski definition) is 4. The number of ketones is 1. The summed E-state index contributed by atoms with van der Waals surface area (Å²) in [6, 6.07) is 11.0. The fourth-order valence-electron chi connectivity index (χ4n) is 2.95. The number of ether oxygens (including phenoxy) is 1. The Kier molecular flexibility index (Phi) is 6.77. The van der Waals surface area contributed by atoms with Crippen LogP contribution >= 0.6 is 15.9 Å². The third-order valence-corrected chi connectivity index (χ3v) is 4.97. The summed E-state index contributed by atoms with van der Waals surface area (Å²) in [5.41, 5.74) is 0.995. The van der Waals surface area contributed by atoms with E-state index in [2.05, 4.69) is 15.9 Å². The van der Waals surface area contributed by atoms with Gasteiger partial charge in [-0.1, -0.05) is 34.1 Å². The predicted molar refractivity (Wildman–Crippen MR) is 106 cm³/mol. The number of Topliss-reactive ketones (excluding diaryl/α,β-unsaturated/α-hetero) is 1. The SMILES string of the molecule is O=C(CO)c1ccc(CN(C(=O)N2CCOCC2)c2cccc(Br)c2)c(F)c1. The van der Waals surface area contributed by atoms with Gasteiger partial charge < -0.3 is 14.7 Å². The van der Waals surface area contributed by atoms with Crippen LogP contribution in [0.15, 0.2) is 46.9 Å². The van der Waals surface area contributed by atoms with Crippen LogP contribution in [0.25, 0.3) is 0 Å². The maximum absolute atomic E-state index is 14.6. The highest BCUT2D eigenvalue weighted by atomic mass is 79.9. The molecule has 0 saturated carbocycles. The lowest BCUT2D eigenvalue weighted by atomic mass is 10.1. The Morgan fingerprint density at radius 1 is 1.18 bits per heavy atom. The molecule has 2 aromatic rings. The average Bonchev–Trinajstić information content (AvgIpc) is 2.72. The second-order valence-corrected chi connectivity index (χ2v) is 7.25. The number of halogens is 2. The van der Waals surface area contributed by atoms with Crippen molar-refractivity contribution in [2.24, 2.45) is 0 Å². The van der Waals surface area contributed by atoms with Crippen molar-refractivity contribution in [3.8, 4) is 0 Å². The zero-order valence-corrected chi connectivity index (χ0v) is 16.7. The number of amides is 2. The number of rotatable bonds is 5. The van der Waals surface area contributed by atoms with Gasteiger partial charge in [0.15, 0.2) is 5.78 Å². The molecule has 1 aliphatic rings. The largest absolute Gasteiger partial charge is 0.388 e. The van der Waals surface area contributed by atoms with Gasteiger partial charge in [-0.15, -0.1) is 0 Å². The predicted octanol–water partition coefficient (Wildman–Crippen LogP) is 3.22. The molecule has 2 aromatic carbocycles. The number of nitrogens with zero attached hydrogens (tertiary/aromatic N) is 2. The van der Waals surface area contributed by atoms with E-state index in [1.54, 1.807) is 23.1 Å². The third-order valence-electron chi connectivity index (χ3n) is 4.48. The second kappa shape index (κ2) is 9.27. The molecule has 1 heterocycles. The molecule has 6 nitrogen and oxygen atoms in total. The first kappa shape index (κ1) is 20.4. The summed E-state index contributed by atoms with van der Waals surface area (Å²) < 4.78 is 20.7. The molecular formula is C20H20BrFN2O4. The van der Waals surface area contributed by atoms with Crippen molar-refractivity contribution >= 4 is 33.4 Å². The highest BCUT2D eigenvalue weighted by Crippen LogP contribution is 2.25. The third kappa shape index (κ3) is 4.76. The van der Waals surface area contributed by atoms with Gasteiger partial charge in [-0.3, -0.25) is 9.69 Å². The van der Waals surface area contributed by atoms with Crippen molar-refractivity contribution in [2.45, 2.75) is 6.54 Å². The maximum atomic E-state index is 14.6. The van der Waals surface area contributed by atoms with Crippen molar-refractivity contribution in [3.63, 3.8) is 0 Å². The van der Waals surface area contributed by atoms with Gasteiger partial charge in [0, 0.05) is 34.4 Å². The number of aliphatic hydroxyl groups is 1. The van der Waals surface area contributed by atoms with E-state index in [9.17, 15) is 14.0 Å². The van der Waals surface area contributed by atoms with Crippen LogP contribution in [-0.2, 0) is 11.3 Å². The fraction of sp³-hybridized carbons (Fsp3) is 0.300. The topological polar surface area (TPSA) is 70.1 Å². The molecule has 0 atom stereocenters. The molecule has 1 fully saturated rings. The molecule has 3 rings (SSSR count). The lowest BCUT2D eigenvalue weighted by Gasteiger charge is -2.33. The minimum absolute atomic E-state index is 0.00602. The van der Waals surface area contributed by atoms with Crippen LogP contribution < -0.4 is 4.90 Å². The number of benzene rings is 2. The molecule has 0 aliphatic carbocycles. The van der Waals surface area contributed by atoms with E-state index in [-0.39, 0.29) is 23.7 Å². The van der Waals surface area contributed by atoms with Gasteiger partial charge in [0.1, 0.15) is 12.4 Å². The average molecular weight is 451 g/mol. The molecule has 0 radical (unpaired) electrons. The van der Waals surface area contributed by atoms with E-state index in [4.69, 9.17) is 9.84 Å². The number of morpholine rings is 1. The molecule has 0 aromatic heterocycles. The van der Waals surface area contributed by atoms with Crippen LogP contribution in [0.5, 0.6) is 0 Å². The minimum Gasteiger partial charge on any atom is -0.388 e. The number of urea groups is 1. The summed E-state index contributed by atoms with van der Waals surface area (Å²) in [5.74, 6) is -1.16. The Hall–Kier alpha value is -2.29. The summed E-state index contributed by atoms with van der Waals surface area (Å²) >= 11 is 3.40. The number of carbonyl (C=O) groups is 2. The van der Waals surface area contributed by atoms with Crippen LogP contribution in [-0.4, -0.2) is 54.7 Å². The lowest BCUT2D eigenvalue weighted by molar-refractivity contribution is 0.0548. The molecule has 148 valence electrons. The zero-order valence-electron chi connectivity index (χ0n) is 15.1. The van der Waals surface area contributed by atoms with Crippen molar-refractivity contribution in [1.82, 2.24) is 4.90 Å². The van der Waals surface area contributed by atoms with Crippen LogP contribution in [0.1, 0.15) is 15.9 Å². The van der Waals surface area contributed by atoms with Crippen LogP contribution in [0.3, 0.4) is 0 Å². The standard InChI is InChI=1S/C20H20BrFN2O4/c21-16-2-1-3-17(11-16)24(20(27)23-6-8-28-9-7-23)12-15-5-4-14(10-18(15)22)19(26)13-25/h1-5,10-11,25H,6-9,12-13H2. The van der Waals surface area contributed by atoms with Gasteiger partial charge in [-0.2, -0.15) is 0 Å². The summed E-state index contributed by atoms with van der Waals surface area (Å²) in [5, 5.41) is 8.94. The first-order valence-electron chi connectivity index (χ1n) is 8.82. The van der Waals surface area contributed by atoms with Crippen molar-refractivity contribution < 1.29 is 23.8 Å². The van der Waals surface area contributed by atoms with Gasteiger partial charge in [-0.25, -0.2) is 9.18 Å². The van der Waals surface area contributed by atoms with E-state index in [0.717, 1.165) is 10.5 Å². The Labute approximate surface area is 170 Å². The first-order valence-corrected chi connectivity index (χ1v) is 9.61. The second-order valence-electron chi connectivity index (χ2n) is 6.34. The van der Waals surface area contributed by atoms with Gasteiger partial charge in [0.2, 0.25) is 0 Å². The van der Waals surface area contributed by atoms with Crippen molar-refractivity contribution in [1.29, 1.82) is 0 Å². The smallest absolute Gasteiger partial charge is 0.324 e. The van der Waals surface area contributed by atoms with Crippen LogP contribution in [0.2, 0.25) is 0 Å². The minimum atomic E-state index is -0.682. The van der Waals surface area contributed by atoms with E-state index in [0.29, 0.717) is 32.0 Å². The van der Waals surface area contributed by atoms with Gasteiger partial charge in [-0.05, 0) is 24.3 Å². The van der Waals surface area contributed by atoms with E-state index < -0.39 is 18.2 Å². The van der Waals surface area contributed by atoms with E-state index in [1.165, 1.54) is 17.0 Å². The Morgan fingerprint density at radius 3 is 2.57 bits per heavy atom. The highest BCUT2D eigenvalue weighted by Gasteiger charge is 2.25. The zero-order chi connectivity index (χ0) is 20.1. The van der Waals surface area contributed by atoms with E-state index in [1.807, 2.05) is 6.07 Å². The molecular weight excluding hydrogens is 431 g/mol. The van der Waals surface area contributed by atoms with Gasteiger partial charge in [0.05, 0.1) is 19.8 Å². The Bertz CT molecular complexity index is 871. The maximum Gasteiger partial charge on any atom is 0.324 e. The number of carbonyl (C=O) groups excluding carboxylic acids is 2. The summed E-state index contributed by atoms with van der Waals surface area (Å²) in [4.78, 5) is 27.9. The van der Waals surface area contributed by atoms with Crippen molar-refractivity contribution in [3.05, 3.63) is 63.9 Å². The molecule has 0 bridgehead atoms. The quantitative estimate of drug-likeness (QED) is 0.709. The molecule has 1 saturated heterocycles. The molecule has 1 aliphatic heterocycles. The summed E-state index contributed by atoms with van der Waals surface area (Å²) in [6.07, 6.45) is 0. The molecule has 2 amide bonds. The first-order chi connectivity index (χ1) is 13.5. The number of anilines is 1. The fourth-order valence-corrected chi connectivity index (χ4v) is 3.34. The monoisotopic (exact) mass is 450 g/mol. The molecule has 28 heavy (non-hydrogen) atoms. The van der Waals surface area contributed by atoms with Crippen molar-refractivity contribution in [2.75, 3.05) is 37.8 Å². The highest BCUT2D eigenvalue weighted by molar-refractivity contribution is 9.10. The Balaban J connectivity index is 1.91. The van der Waals surface area contributed by atoms with Crippen LogP contribution in [0, 0.1) is 5.82 Å². The number of hydrogen-bond donors (Lipinski definition) is 1. The Morgan fingerprint density at radius 2 is 1.93 bits per heavy atom. The molecule has 8 heteroatoms. The van der Waals surface area contributed by atoms with E-state index >= 15 is 0 Å². The number of aliphatic hydroxyl groups excluding tert-OH is 1. The van der Waals surface area contributed by atoms with Crippen LogP contribution in [0.4, 0.5) is 14.9 Å². The normalized spacial score (nSPS) is 14.0. The molecule has 0 spiro atoms. The van der Waals surface area contributed by atoms with Gasteiger partial charge >= 0.3 is 6.03 Å². The molecule has 0 unspecified atom stereocenters. The van der Waals surface area contributed by atoms with Gasteiger partial charge in [0.25, 0.3) is 0 Å². The summed E-state index contributed by atoms with van der Waals surface area (Å²) in [7, 11) is 0. The molecule has 1 N–H and O–H groups in total.